The van der Waals surface area contributed by atoms with Crippen LogP contribution in [0.15, 0.2) is 16.6 Å². The van der Waals surface area contributed by atoms with Crippen molar-refractivity contribution in [2.75, 3.05) is 33.9 Å². The minimum absolute atomic E-state index is 0.599. The first-order chi connectivity index (χ1) is 10.6. The van der Waals surface area contributed by atoms with Gasteiger partial charge in [-0.3, -0.25) is 9.80 Å². The molecule has 2 unspecified atom stereocenters. The van der Waals surface area contributed by atoms with Gasteiger partial charge in [0.05, 0.1) is 18.7 Å². The van der Waals surface area contributed by atoms with E-state index in [9.17, 15) is 0 Å². The molecule has 0 N–H and O–H groups in total. The molecule has 22 heavy (non-hydrogen) atoms. The summed E-state index contributed by atoms with van der Waals surface area (Å²) in [5, 5.41) is 0. The molecule has 5 heteroatoms. The molecule has 1 aromatic carbocycles. The van der Waals surface area contributed by atoms with Gasteiger partial charge in [-0.05, 0) is 48.3 Å². The van der Waals surface area contributed by atoms with E-state index in [1.54, 1.807) is 14.2 Å². The van der Waals surface area contributed by atoms with Crippen molar-refractivity contribution in [3.05, 3.63) is 22.2 Å². The molecule has 2 fully saturated rings. The lowest BCUT2D eigenvalue weighted by Gasteiger charge is -2.43. The lowest BCUT2D eigenvalue weighted by Crippen LogP contribution is -2.55. The first kappa shape index (κ1) is 16.1. The van der Waals surface area contributed by atoms with Gasteiger partial charge in [0, 0.05) is 43.3 Å². The molecule has 2 heterocycles. The van der Waals surface area contributed by atoms with E-state index in [0.717, 1.165) is 35.1 Å². The zero-order chi connectivity index (χ0) is 15.7. The van der Waals surface area contributed by atoms with Crippen molar-refractivity contribution in [3.63, 3.8) is 0 Å². The van der Waals surface area contributed by atoms with Gasteiger partial charge in [-0.15, -0.1) is 0 Å². The topological polar surface area (TPSA) is 24.9 Å². The Kier molecular flexibility index (Phi) is 4.95. The molecule has 2 aliphatic heterocycles. The van der Waals surface area contributed by atoms with Crippen LogP contribution < -0.4 is 9.47 Å². The summed E-state index contributed by atoms with van der Waals surface area (Å²) in [5.74, 6) is 1.72. The van der Waals surface area contributed by atoms with E-state index in [2.05, 4.69) is 38.7 Å². The van der Waals surface area contributed by atoms with Crippen molar-refractivity contribution in [1.29, 1.82) is 0 Å². The predicted octanol–water partition coefficient (Wildman–Crippen LogP) is 3.13. The minimum Gasteiger partial charge on any atom is -0.496 e. The van der Waals surface area contributed by atoms with Gasteiger partial charge in [-0.1, -0.05) is 0 Å². The number of hydrogen-bond donors (Lipinski definition) is 0. The number of hydrogen-bond acceptors (Lipinski definition) is 4. The molecule has 1 aromatic rings. The van der Waals surface area contributed by atoms with Crippen LogP contribution in [-0.4, -0.2) is 55.7 Å². The van der Waals surface area contributed by atoms with Crippen molar-refractivity contribution >= 4 is 15.9 Å². The van der Waals surface area contributed by atoms with Gasteiger partial charge in [-0.25, -0.2) is 0 Å². The third-order valence-corrected chi connectivity index (χ3v) is 5.77. The summed E-state index contributed by atoms with van der Waals surface area (Å²) in [6.07, 6.45) is 2.68. The third kappa shape index (κ3) is 2.99. The van der Waals surface area contributed by atoms with Crippen LogP contribution in [0, 0.1) is 0 Å². The van der Waals surface area contributed by atoms with Crippen molar-refractivity contribution in [2.24, 2.45) is 0 Å². The van der Waals surface area contributed by atoms with E-state index in [1.165, 1.54) is 31.5 Å². The second-order valence-electron chi connectivity index (χ2n) is 6.26. The number of methoxy groups -OCH3 is 2. The van der Waals surface area contributed by atoms with Crippen LogP contribution >= 0.6 is 15.9 Å². The van der Waals surface area contributed by atoms with E-state index in [1.807, 2.05) is 6.07 Å². The van der Waals surface area contributed by atoms with Crippen LogP contribution in [0.4, 0.5) is 0 Å². The van der Waals surface area contributed by atoms with Crippen molar-refractivity contribution < 1.29 is 9.47 Å². The number of fused-ring (bicyclic) bond motifs is 1. The van der Waals surface area contributed by atoms with Gasteiger partial charge < -0.3 is 9.47 Å². The Morgan fingerprint density at radius 1 is 1.14 bits per heavy atom. The second-order valence-corrected chi connectivity index (χ2v) is 7.11. The highest BCUT2D eigenvalue weighted by atomic mass is 79.9. The number of piperazine rings is 1. The van der Waals surface area contributed by atoms with Crippen LogP contribution in [0.5, 0.6) is 11.5 Å². The summed E-state index contributed by atoms with van der Waals surface area (Å²) in [6.45, 7) is 6.89. The van der Waals surface area contributed by atoms with Crippen molar-refractivity contribution in [1.82, 2.24) is 9.80 Å². The van der Waals surface area contributed by atoms with Gasteiger partial charge in [0.1, 0.15) is 11.5 Å². The van der Waals surface area contributed by atoms with Gasteiger partial charge in [-0.2, -0.15) is 0 Å². The summed E-state index contributed by atoms with van der Waals surface area (Å²) in [6, 6.07) is 5.42. The highest BCUT2D eigenvalue weighted by Gasteiger charge is 2.36. The average molecular weight is 369 g/mol. The molecular weight excluding hydrogens is 344 g/mol. The zero-order valence-electron chi connectivity index (χ0n) is 13.6. The maximum atomic E-state index is 5.57. The summed E-state index contributed by atoms with van der Waals surface area (Å²) in [7, 11) is 3.41. The molecule has 0 bridgehead atoms. The Bertz CT molecular complexity index is 538. The molecule has 4 nitrogen and oxygen atoms in total. The van der Waals surface area contributed by atoms with Crippen molar-refractivity contribution in [2.45, 2.75) is 38.4 Å². The zero-order valence-corrected chi connectivity index (χ0v) is 15.2. The Morgan fingerprint density at radius 2 is 1.91 bits per heavy atom. The Labute approximate surface area is 141 Å². The predicted molar refractivity (Wildman–Crippen MR) is 91.7 cm³/mol. The molecule has 122 valence electrons. The molecule has 0 saturated carbocycles. The van der Waals surface area contributed by atoms with Gasteiger partial charge in [0.25, 0.3) is 0 Å². The number of halogens is 1. The summed E-state index contributed by atoms with van der Waals surface area (Å²) in [4.78, 5) is 5.24. The van der Waals surface area contributed by atoms with E-state index in [-0.39, 0.29) is 0 Å². The molecule has 0 spiro atoms. The SMILES string of the molecule is COc1cc(OC)c(CN2CCN3CCCC3C2C)cc1Br. The fourth-order valence-electron chi connectivity index (χ4n) is 3.87. The van der Waals surface area contributed by atoms with Crippen LogP contribution in [-0.2, 0) is 6.54 Å². The number of nitrogens with zero attached hydrogens (tertiary/aromatic N) is 2. The van der Waals surface area contributed by atoms with Crippen LogP contribution in [0.3, 0.4) is 0 Å². The molecule has 3 rings (SSSR count). The van der Waals surface area contributed by atoms with E-state index < -0.39 is 0 Å². The Balaban J connectivity index is 1.79. The molecule has 0 amide bonds. The smallest absolute Gasteiger partial charge is 0.136 e. The van der Waals surface area contributed by atoms with E-state index >= 15 is 0 Å². The maximum Gasteiger partial charge on any atom is 0.136 e. The molecular formula is C17H25BrN2O2. The fourth-order valence-corrected chi connectivity index (χ4v) is 4.42. The van der Waals surface area contributed by atoms with Gasteiger partial charge in [0.2, 0.25) is 0 Å². The molecule has 0 aromatic heterocycles. The third-order valence-electron chi connectivity index (χ3n) is 5.15. The fraction of sp³-hybridized carbons (Fsp3) is 0.647. The number of benzene rings is 1. The highest BCUT2D eigenvalue weighted by Crippen LogP contribution is 2.35. The standard InChI is InChI=1S/C17H25BrN2O2/c1-12-15-5-4-6-19(15)7-8-20(12)11-13-9-14(18)17(22-3)10-16(13)21-2/h9-10,12,15H,4-8,11H2,1-3H3. The Morgan fingerprint density at radius 3 is 2.64 bits per heavy atom. The van der Waals surface area contributed by atoms with Crippen LogP contribution in [0.1, 0.15) is 25.3 Å². The normalized spacial score (nSPS) is 26.0. The Hall–Kier alpha value is -0.780. The largest absolute Gasteiger partial charge is 0.496 e. The maximum absolute atomic E-state index is 5.57. The monoisotopic (exact) mass is 368 g/mol. The quantitative estimate of drug-likeness (QED) is 0.814. The van der Waals surface area contributed by atoms with Crippen LogP contribution in [0.25, 0.3) is 0 Å². The minimum atomic E-state index is 0.599. The van der Waals surface area contributed by atoms with E-state index in [4.69, 9.17) is 9.47 Å². The van der Waals surface area contributed by atoms with Gasteiger partial charge >= 0.3 is 0 Å². The number of rotatable bonds is 4. The lowest BCUT2D eigenvalue weighted by atomic mass is 10.0. The first-order valence-electron chi connectivity index (χ1n) is 8.02. The lowest BCUT2D eigenvalue weighted by molar-refractivity contribution is 0.0465. The second kappa shape index (κ2) is 6.77. The van der Waals surface area contributed by atoms with Crippen molar-refractivity contribution in [3.8, 4) is 11.5 Å². The summed E-state index contributed by atoms with van der Waals surface area (Å²) < 4.78 is 11.9. The van der Waals surface area contributed by atoms with E-state index in [0.29, 0.717) is 6.04 Å². The first-order valence-corrected chi connectivity index (χ1v) is 8.82. The van der Waals surface area contributed by atoms with Crippen LogP contribution in [0.2, 0.25) is 0 Å². The van der Waals surface area contributed by atoms with Gasteiger partial charge in [0.15, 0.2) is 0 Å². The molecule has 2 saturated heterocycles. The molecule has 2 aliphatic rings. The average Bonchev–Trinajstić information content (AvgIpc) is 3.00. The molecule has 0 radical (unpaired) electrons. The molecule has 0 aliphatic carbocycles. The number of ether oxygens (including phenoxy) is 2. The molecule has 2 atom stereocenters. The summed E-state index contributed by atoms with van der Waals surface area (Å²) in [5.41, 5.74) is 1.22. The highest BCUT2D eigenvalue weighted by molar-refractivity contribution is 9.10. The summed E-state index contributed by atoms with van der Waals surface area (Å²) >= 11 is 3.59.